The maximum absolute atomic E-state index is 14.8. The number of carbonyl (C=O) groups is 7. The second-order valence-corrected chi connectivity index (χ2v) is 17.0. The average Bonchev–Trinajstić information content (AvgIpc) is 3.28. The minimum absolute atomic E-state index is 0.0189. The first kappa shape index (κ1) is 53.7. The van der Waals surface area contributed by atoms with Crippen LogP contribution in [-0.2, 0) is 41.6 Å². The van der Waals surface area contributed by atoms with E-state index in [2.05, 4.69) is 37.2 Å². The molecule has 0 aliphatic carbocycles. The second kappa shape index (κ2) is 27.0. The Kier molecular flexibility index (Phi) is 22.0. The summed E-state index contributed by atoms with van der Waals surface area (Å²) in [5.74, 6) is -5.42. The van der Waals surface area contributed by atoms with Crippen LogP contribution in [0.15, 0.2) is 48.5 Å². The number of phenolic OH excluding ortho intramolecular Hbond substituents is 2. The lowest BCUT2D eigenvalue weighted by Crippen LogP contribution is -2.61. The third-order valence-electron chi connectivity index (χ3n) is 12.0. The van der Waals surface area contributed by atoms with E-state index in [4.69, 9.17) is 11.1 Å². The highest BCUT2D eigenvalue weighted by Crippen LogP contribution is 2.19. The molecule has 0 aromatic heterocycles. The minimum Gasteiger partial charge on any atom is -0.508 e. The molecule has 0 saturated carbocycles. The summed E-state index contributed by atoms with van der Waals surface area (Å²) in [6.45, 7) is 7.59. The van der Waals surface area contributed by atoms with E-state index in [0.717, 1.165) is 11.1 Å². The lowest BCUT2D eigenvalue weighted by atomic mass is 9.95. The zero-order valence-electron chi connectivity index (χ0n) is 38.7. The Bertz CT molecular complexity index is 1950. The van der Waals surface area contributed by atoms with Crippen LogP contribution in [0.25, 0.3) is 0 Å². The molecule has 66 heavy (non-hydrogen) atoms. The van der Waals surface area contributed by atoms with E-state index in [1.165, 1.54) is 36.2 Å². The van der Waals surface area contributed by atoms with Gasteiger partial charge in [-0.1, -0.05) is 64.8 Å². The number of guanidine groups is 1. The topological polar surface area (TPSA) is 318 Å². The summed E-state index contributed by atoms with van der Waals surface area (Å²) in [6.07, 6.45) is 2.55. The van der Waals surface area contributed by atoms with E-state index in [0.29, 0.717) is 25.7 Å². The zero-order chi connectivity index (χ0) is 48.9. The normalized spacial score (nSPS) is 21.8. The van der Waals surface area contributed by atoms with Crippen molar-refractivity contribution >= 4 is 47.5 Å². The number of urea groups is 1. The smallest absolute Gasteiger partial charge is 0.326 e. The van der Waals surface area contributed by atoms with Crippen molar-refractivity contribution in [1.29, 1.82) is 5.41 Å². The van der Waals surface area contributed by atoms with Gasteiger partial charge in [-0.3, -0.25) is 29.4 Å². The first-order chi connectivity index (χ1) is 31.3. The number of nitrogens with one attached hydrogen (secondary N) is 8. The lowest BCUT2D eigenvalue weighted by Gasteiger charge is -2.34. The van der Waals surface area contributed by atoms with Crippen molar-refractivity contribution in [2.45, 2.75) is 135 Å². The molecule has 2 aromatic rings. The van der Waals surface area contributed by atoms with Gasteiger partial charge < -0.3 is 63.2 Å². The third kappa shape index (κ3) is 17.4. The summed E-state index contributed by atoms with van der Waals surface area (Å²) >= 11 is 0. The van der Waals surface area contributed by atoms with Gasteiger partial charge in [0.25, 0.3) is 0 Å². The number of aliphatic carboxylic acids is 1. The van der Waals surface area contributed by atoms with Crippen molar-refractivity contribution in [3.8, 4) is 11.5 Å². The molecule has 1 saturated heterocycles. The monoisotopic (exact) mass is 923 g/mol. The lowest BCUT2D eigenvalue weighted by molar-refractivity contribution is -0.143. The van der Waals surface area contributed by atoms with Gasteiger partial charge in [-0.2, -0.15) is 0 Å². The van der Waals surface area contributed by atoms with E-state index >= 15 is 0 Å². The fourth-order valence-corrected chi connectivity index (χ4v) is 7.47. The molecule has 0 unspecified atom stereocenters. The SMILES string of the molecule is CC[C@H](C)[C@@H]1NC(=O)[C@H](NC(=O)N[C@@H](CCCNC(=N)N)C(=O)O)CCCCNC(=O)[C@H]([C@@H](C)CC)NC(=O)[C@H](CCc2ccc(O)cc2)N(C)C(=O)[C@H](CCc2ccc(O)cc2)NC1=O. The molecule has 1 aliphatic rings. The van der Waals surface area contributed by atoms with Crippen molar-refractivity contribution in [3.05, 3.63) is 59.7 Å². The highest BCUT2D eigenvalue weighted by Gasteiger charge is 2.37. The molecule has 20 nitrogen and oxygen atoms in total. The van der Waals surface area contributed by atoms with Crippen LogP contribution in [0.4, 0.5) is 4.79 Å². The van der Waals surface area contributed by atoms with Crippen LogP contribution in [0.3, 0.4) is 0 Å². The van der Waals surface area contributed by atoms with Gasteiger partial charge in [0.1, 0.15) is 47.8 Å². The molecule has 0 spiro atoms. The van der Waals surface area contributed by atoms with Crippen LogP contribution < -0.4 is 43.0 Å². The Morgan fingerprint density at radius 2 is 1.35 bits per heavy atom. The van der Waals surface area contributed by atoms with Crippen LogP contribution >= 0.6 is 0 Å². The molecule has 3 rings (SSSR count). The quantitative estimate of drug-likeness (QED) is 0.0614. The Morgan fingerprint density at radius 1 is 0.803 bits per heavy atom. The number of aromatic hydroxyl groups is 2. The van der Waals surface area contributed by atoms with Gasteiger partial charge in [0.2, 0.25) is 29.5 Å². The maximum Gasteiger partial charge on any atom is 0.326 e. The summed E-state index contributed by atoms with van der Waals surface area (Å²) < 4.78 is 0. The van der Waals surface area contributed by atoms with E-state index in [1.807, 2.05) is 20.8 Å². The van der Waals surface area contributed by atoms with Crippen LogP contribution in [0.2, 0.25) is 0 Å². The van der Waals surface area contributed by atoms with Gasteiger partial charge in [-0.05, 0) is 105 Å². The van der Waals surface area contributed by atoms with Gasteiger partial charge >= 0.3 is 12.0 Å². The van der Waals surface area contributed by atoms with Crippen molar-refractivity contribution < 1.29 is 48.9 Å². The van der Waals surface area contributed by atoms with Crippen LogP contribution in [0.5, 0.6) is 11.5 Å². The van der Waals surface area contributed by atoms with E-state index in [-0.39, 0.29) is 81.4 Å². The summed E-state index contributed by atoms with van der Waals surface area (Å²) in [5, 5.41) is 55.8. The molecule has 0 bridgehead atoms. The Balaban J connectivity index is 2.05. The average molecular weight is 923 g/mol. The predicted molar refractivity (Wildman–Crippen MR) is 247 cm³/mol. The number of carboxylic acid groups (broad SMARTS) is 1. The van der Waals surface area contributed by atoms with Gasteiger partial charge in [0, 0.05) is 20.1 Å². The number of rotatable bonds is 17. The summed E-state index contributed by atoms with van der Waals surface area (Å²) in [7, 11) is 1.46. The van der Waals surface area contributed by atoms with Crippen LogP contribution in [0, 0.1) is 17.2 Å². The first-order valence-corrected chi connectivity index (χ1v) is 22.7. The largest absolute Gasteiger partial charge is 0.508 e. The van der Waals surface area contributed by atoms with E-state index in [9.17, 15) is 48.9 Å². The highest BCUT2D eigenvalue weighted by atomic mass is 16.4. The van der Waals surface area contributed by atoms with E-state index < -0.39 is 83.7 Å². The van der Waals surface area contributed by atoms with Gasteiger partial charge in [-0.15, -0.1) is 0 Å². The van der Waals surface area contributed by atoms with Crippen molar-refractivity contribution in [1.82, 2.24) is 42.1 Å². The fourth-order valence-electron chi connectivity index (χ4n) is 7.47. The molecule has 0 radical (unpaired) electrons. The second-order valence-electron chi connectivity index (χ2n) is 17.0. The molecular formula is C46H70N10O10. The Labute approximate surface area is 386 Å². The molecule has 1 fully saturated rings. The van der Waals surface area contributed by atoms with Crippen molar-refractivity contribution in [2.75, 3.05) is 20.1 Å². The number of nitrogens with two attached hydrogens (primary N) is 1. The molecule has 1 heterocycles. The highest BCUT2D eigenvalue weighted by molar-refractivity contribution is 5.96. The zero-order valence-corrected chi connectivity index (χ0v) is 38.7. The molecule has 1 aliphatic heterocycles. The standard InChI is InChI=1S/C46H70N10O10/c1-6-27(3)37-41(61)49-25-9-8-11-33(52-46(66)53-35(44(64)65)12-10-26-50-45(47)48)39(59)54-38(28(4)7-2)42(62)51-34(23-17-29-13-19-31(57)20-14-29)43(63)56(5)36(40(60)55-37)24-18-30-15-21-32(58)22-16-30/h13-16,19-22,27-28,33-38,57-58H,6-12,17-18,23-26H2,1-5H3,(H,49,61)(H,51,62)(H,54,59)(H,55,60)(H,64,65)(H4,47,48,50)(H2,52,53,66)/t27-,28-,33+,34-,35-,36-,37-,38-/m0/s1. The number of benzene rings is 2. The van der Waals surface area contributed by atoms with Crippen molar-refractivity contribution in [2.24, 2.45) is 17.6 Å². The molecule has 2 aromatic carbocycles. The van der Waals surface area contributed by atoms with Gasteiger partial charge in [0.05, 0.1) is 0 Å². The molecule has 7 amide bonds. The number of likely N-dealkylation sites (N-methyl/N-ethyl adjacent to an activating group) is 1. The molecule has 20 heteroatoms. The number of carbonyl (C=O) groups excluding carboxylic acids is 6. The predicted octanol–water partition coefficient (Wildman–Crippen LogP) is 1.72. The first-order valence-electron chi connectivity index (χ1n) is 22.7. The number of hydrogen-bond donors (Lipinski definition) is 12. The van der Waals surface area contributed by atoms with Crippen LogP contribution in [0.1, 0.15) is 96.6 Å². The number of aryl methyl sites for hydroxylation is 2. The number of phenols is 2. The molecular weight excluding hydrogens is 853 g/mol. The fraction of sp³-hybridized carbons (Fsp3) is 0.565. The van der Waals surface area contributed by atoms with Gasteiger partial charge in [-0.25, -0.2) is 9.59 Å². The Hall–Kier alpha value is -6.60. The summed E-state index contributed by atoms with van der Waals surface area (Å²) in [6, 6.07) is 4.66. The minimum atomic E-state index is -1.35. The number of amides is 7. The number of nitrogens with zero attached hydrogens (tertiary/aromatic N) is 1. The van der Waals surface area contributed by atoms with Crippen LogP contribution in [-0.4, -0.2) is 124 Å². The molecule has 8 atom stereocenters. The third-order valence-corrected chi connectivity index (χ3v) is 12.0. The summed E-state index contributed by atoms with van der Waals surface area (Å²) in [5.41, 5.74) is 6.83. The summed E-state index contributed by atoms with van der Waals surface area (Å²) in [4.78, 5) is 98.2. The van der Waals surface area contributed by atoms with Crippen molar-refractivity contribution in [3.63, 3.8) is 0 Å². The number of carboxylic acids is 1. The Morgan fingerprint density at radius 3 is 1.89 bits per heavy atom. The maximum atomic E-state index is 14.8. The van der Waals surface area contributed by atoms with E-state index in [1.54, 1.807) is 31.2 Å². The van der Waals surface area contributed by atoms with Gasteiger partial charge in [0.15, 0.2) is 5.96 Å². The molecule has 13 N–H and O–H groups in total. The number of hydrogen-bond acceptors (Lipinski definition) is 10. The molecule has 364 valence electrons.